The summed E-state index contributed by atoms with van der Waals surface area (Å²) in [7, 11) is 0. The molecule has 5 heteroatoms. The van der Waals surface area contributed by atoms with Crippen molar-refractivity contribution in [1.29, 1.82) is 0 Å². The first-order chi connectivity index (χ1) is 10.6. The highest BCUT2D eigenvalue weighted by atomic mass is 79.9. The molecule has 1 saturated heterocycles. The van der Waals surface area contributed by atoms with Crippen molar-refractivity contribution < 1.29 is 4.74 Å². The van der Waals surface area contributed by atoms with Gasteiger partial charge >= 0.3 is 0 Å². The van der Waals surface area contributed by atoms with Crippen molar-refractivity contribution in [1.82, 2.24) is 9.80 Å². The van der Waals surface area contributed by atoms with Gasteiger partial charge in [-0.25, -0.2) is 0 Å². The summed E-state index contributed by atoms with van der Waals surface area (Å²) in [5.41, 5.74) is 1.13. The molecule has 0 radical (unpaired) electrons. The number of hydrogen-bond donors (Lipinski definition) is 0. The highest BCUT2D eigenvalue weighted by molar-refractivity contribution is 9.10. The van der Waals surface area contributed by atoms with Crippen LogP contribution in [0.1, 0.15) is 25.3 Å². The number of ether oxygens (including phenoxy) is 1. The molecular weight excluding hydrogens is 364 g/mol. The normalized spacial score (nSPS) is 16.9. The summed E-state index contributed by atoms with van der Waals surface area (Å²) in [4.78, 5) is 5.07. The Labute approximate surface area is 147 Å². The maximum absolute atomic E-state index is 6.23. The van der Waals surface area contributed by atoms with Gasteiger partial charge in [0.1, 0.15) is 0 Å². The molecule has 0 aromatic heterocycles. The third kappa shape index (κ3) is 5.41. The molecule has 0 bridgehead atoms. The van der Waals surface area contributed by atoms with Crippen molar-refractivity contribution in [3.05, 3.63) is 27.2 Å². The summed E-state index contributed by atoms with van der Waals surface area (Å²) in [5.74, 6) is 0.767. The number of nitrogens with zero attached hydrogens (tertiary/aromatic N) is 2. The maximum atomic E-state index is 6.23. The van der Waals surface area contributed by atoms with Gasteiger partial charge in [-0.15, -0.1) is 0 Å². The Morgan fingerprint density at radius 3 is 2.45 bits per heavy atom. The average molecular weight is 390 g/mol. The van der Waals surface area contributed by atoms with E-state index >= 15 is 0 Å². The van der Waals surface area contributed by atoms with Crippen molar-refractivity contribution in [2.45, 2.75) is 26.7 Å². The standard InChI is InChI=1S/C17H26BrClN2O/c1-3-20-7-9-21(10-8-20)6-4-5-11-22-17-15(18)12-14(2)13-16(17)19/h12-13H,3-11H2,1-2H3. The number of benzene rings is 1. The minimum absolute atomic E-state index is 0.683. The fraction of sp³-hybridized carbons (Fsp3) is 0.647. The smallest absolute Gasteiger partial charge is 0.152 e. The zero-order valence-electron chi connectivity index (χ0n) is 13.6. The van der Waals surface area contributed by atoms with E-state index in [0.717, 1.165) is 28.8 Å². The van der Waals surface area contributed by atoms with Gasteiger partial charge in [-0.1, -0.05) is 18.5 Å². The number of aryl methyl sites for hydroxylation is 1. The fourth-order valence-electron chi connectivity index (χ4n) is 2.77. The predicted molar refractivity (Wildman–Crippen MR) is 97.2 cm³/mol. The Hall–Kier alpha value is -0.290. The summed E-state index contributed by atoms with van der Waals surface area (Å²) < 4.78 is 6.78. The molecule has 2 rings (SSSR count). The van der Waals surface area contributed by atoms with Crippen LogP contribution in [0.15, 0.2) is 16.6 Å². The summed E-state index contributed by atoms with van der Waals surface area (Å²) >= 11 is 9.75. The zero-order chi connectivity index (χ0) is 15.9. The molecule has 1 fully saturated rings. The van der Waals surface area contributed by atoms with Crippen molar-refractivity contribution in [3.63, 3.8) is 0 Å². The summed E-state index contributed by atoms with van der Waals surface area (Å²) in [6.07, 6.45) is 2.23. The van der Waals surface area contributed by atoms with E-state index in [1.807, 2.05) is 19.1 Å². The zero-order valence-corrected chi connectivity index (χ0v) is 15.9. The first-order valence-corrected chi connectivity index (χ1v) is 9.30. The highest BCUT2D eigenvalue weighted by Crippen LogP contribution is 2.34. The van der Waals surface area contributed by atoms with Gasteiger partial charge in [0.15, 0.2) is 5.75 Å². The van der Waals surface area contributed by atoms with Crippen LogP contribution in [-0.2, 0) is 0 Å². The quantitative estimate of drug-likeness (QED) is 0.650. The van der Waals surface area contributed by atoms with E-state index in [2.05, 4.69) is 32.7 Å². The molecule has 0 unspecified atom stereocenters. The minimum Gasteiger partial charge on any atom is -0.491 e. The van der Waals surface area contributed by atoms with E-state index in [1.54, 1.807) is 0 Å². The molecular formula is C17H26BrClN2O. The van der Waals surface area contributed by atoms with Gasteiger partial charge in [0, 0.05) is 26.2 Å². The first-order valence-electron chi connectivity index (χ1n) is 8.13. The molecule has 1 aliphatic heterocycles. The van der Waals surface area contributed by atoms with Gasteiger partial charge in [-0.05, 0) is 66.5 Å². The van der Waals surface area contributed by atoms with E-state index in [9.17, 15) is 0 Å². The number of piperazine rings is 1. The Kier molecular flexibility index (Phi) is 7.48. The van der Waals surface area contributed by atoms with Crippen molar-refractivity contribution in [2.75, 3.05) is 45.9 Å². The highest BCUT2D eigenvalue weighted by Gasteiger charge is 2.14. The molecule has 1 aromatic carbocycles. The first kappa shape index (κ1) is 18.1. The van der Waals surface area contributed by atoms with Gasteiger partial charge in [-0.3, -0.25) is 0 Å². The number of likely N-dealkylation sites (N-methyl/N-ethyl adjacent to an activating group) is 1. The lowest BCUT2D eigenvalue weighted by Crippen LogP contribution is -2.46. The van der Waals surface area contributed by atoms with Crippen LogP contribution >= 0.6 is 27.5 Å². The molecule has 0 saturated carbocycles. The van der Waals surface area contributed by atoms with Crippen LogP contribution in [0.25, 0.3) is 0 Å². The van der Waals surface area contributed by atoms with Crippen LogP contribution in [0, 0.1) is 6.92 Å². The molecule has 1 heterocycles. The van der Waals surface area contributed by atoms with E-state index in [-0.39, 0.29) is 0 Å². The lowest BCUT2D eigenvalue weighted by atomic mass is 10.2. The molecule has 0 spiro atoms. The number of halogens is 2. The van der Waals surface area contributed by atoms with E-state index in [1.165, 1.54) is 45.7 Å². The van der Waals surface area contributed by atoms with Crippen LogP contribution < -0.4 is 4.74 Å². The monoisotopic (exact) mass is 388 g/mol. The molecule has 0 aliphatic carbocycles. The van der Waals surface area contributed by atoms with Crippen LogP contribution in [0.3, 0.4) is 0 Å². The predicted octanol–water partition coefficient (Wildman–Crippen LogP) is 4.21. The number of unbranched alkanes of at least 4 members (excludes halogenated alkanes) is 1. The average Bonchev–Trinajstić information content (AvgIpc) is 2.49. The second kappa shape index (κ2) is 9.11. The minimum atomic E-state index is 0.683. The molecule has 0 N–H and O–H groups in total. The van der Waals surface area contributed by atoms with Gasteiger partial charge in [0.05, 0.1) is 16.1 Å². The molecule has 22 heavy (non-hydrogen) atoms. The number of hydrogen-bond acceptors (Lipinski definition) is 3. The Morgan fingerprint density at radius 2 is 1.82 bits per heavy atom. The number of rotatable bonds is 7. The van der Waals surface area contributed by atoms with E-state index in [0.29, 0.717) is 5.02 Å². The van der Waals surface area contributed by atoms with Crippen LogP contribution in [0.2, 0.25) is 5.02 Å². The summed E-state index contributed by atoms with van der Waals surface area (Å²) in [6.45, 7) is 12.1. The van der Waals surface area contributed by atoms with Gasteiger partial charge < -0.3 is 14.5 Å². The Morgan fingerprint density at radius 1 is 1.14 bits per heavy atom. The fourth-order valence-corrected chi connectivity index (χ4v) is 3.90. The van der Waals surface area contributed by atoms with E-state index in [4.69, 9.17) is 16.3 Å². The molecule has 0 atom stereocenters. The third-order valence-corrected chi connectivity index (χ3v) is 5.04. The SMILES string of the molecule is CCN1CCN(CCCCOc2c(Cl)cc(C)cc2Br)CC1. The van der Waals surface area contributed by atoms with Crippen LogP contribution in [0.4, 0.5) is 0 Å². The topological polar surface area (TPSA) is 15.7 Å². The van der Waals surface area contributed by atoms with Crippen molar-refractivity contribution >= 4 is 27.5 Å². The van der Waals surface area contributed by atoms with Gasteiger partial charge in [0.25, 0.3) is 0 Å². The third-order valence-electron chi connectivity index (χ3n) is 4.17. The Balaban J connectivity index is 1.64. The second-order valence-corrected chi connectivity index (χ2v) is 7.15. The largest absolute Gasteiger partial charge is 0.491 e. The Bertz CT molecular complexity index is 453. The lowest BCUT2D eigenvalue weighted by Gasteiger charge is -2.33. The van der Waals surface area contributed by atoms with Gasteiger partial charge in [-0.2, -0.15) is 0 Å². The van der Waals surface area contributed by atoms with Crippen LogP contribution in [0.5, 0.6) is 5.75 Å². The van der Waals surface area contributed by atoms with Crippen LogP contribution in [-0.4, -0.2) is 55.7 Å². The maximum Gasteiger partial charge on any atom is 0.152 e. The molecule has 1 aliphatic rings. The van der Waals surface area contributed by atoms with Gasteiger partial charge in [0.2, 0.25) is 0 Å². The lowest BCUT2D eigenvalue weighted by molar-refractivity contribution is 0.134. The molecule has 124 valence electrons. The second-order valence-electron chi connectivity index (χ2n) is 5.89. The summed E-state index contributed by atoms with van der Waals surface area (Å²) in [5, 5.41) is 0.683. The van der Waals surface area contributed by atoms with Crippen molar-refractivity contribution in [3.8, 4) is 5.75 Å². The van der Waals surface area contributed by atoms with E-state index < -0.39 is 0 Å². The molecule has 3 nitrogen and oxygen atoms in total. The molecule has 1 aromatic rings. The van der Waals surface area contributed by atoms with Crippen molar-refractivity contribution in [2.24, 2.45) is 0 Å². The molecule has 0 amide bonds. The summed E-state index contributed by atoms with van der Waals surface area (Å²) in [6, 6.07) is 3.98.